The Labute approximate surface area is 350 Å². The van der Waals surface area contributed by atoms with Crippen molar-refractivity contribution in [3.05, 3.63) is 193 Å². The van der Waals surface area contributed by atoms with E-state index in [-0.39, 0.29) is 0 Å². The van der Waals surface area contributed by atoms with Crippen LogP contribution in [0.4, 0.5) is 22.7 Å². The van der Waals surface area contributed by atoms with Crippen LogP contribution in [0.5, 0.6) is 0 Å². The highest BCUT2D eigenvalue weighted by Gasteiger charge is 2.25. The SMILES string of the molecule is C=C1/C=C\c2c(c3cc4c(cc3n2-c2ccccc2)N(c2ccc(CC)cc2)C=CCC4=C)Sc2ccccc21.CC.CC.Nc1ccccc1NC1=CC=CCC1. The topological polar surface area (TPSA) is 46.2 Å². The molecule has 0 saturated heterocycles. The highest BCUT2D eigenvalue weighted by molar-refractivity contribution is 7.99. The van der Waals surface area contributed by atoms with Gasteiger partial charge in [0.05, 0.1) is 28.3 Å². The van der Waals surface area contributed by atoms with Gasteiger partial charge in [-0.25, -0.2) is 0 Å². The van der Waals surface area contributed by atoms with Gasteiger partial charge in [0.1, 0.15) is 0 Å². The molecule has 0 fully saturated rings. The largest absolute Gasteiger partial charge is 0.397 e. The van der Waals surface area contributed by atoms with E-state index in [0.717, 1.165) is 65.3 Å². The van der Waals surface area contributed by atoms with Crippen molar-refractivity contribution in [2.24, 2.45) is 0 Å². The summed E-state index contributed by atoms with van der Waals surface area (Å²) in [5.74, 6) is 0. The molecule has 9 rings (SSSR count). The van der Waals surface area contributed by atoms with Crippen LogP contribution in [0.3, 0.4) is 0 Å². The molecule has 3 N–H and O–H groups in total. The van der Waals surface area contributed by atoms with Gasteiger partial charge in [0.2, 0.25) is 0 Å². The van der Waals surface area contributed by atoms with E-state index in [1.165, 1.54) is 48.8 Å². The number of anilines is 4. The van der Waals surface area contributed by atoms with E-state index in [9.17, 15) is 0 Å². The quantitative estimate of drug-likeness (QED) is 0.171. The van der Waals surface area contributed by atoms with Gasteiger partial charge in [0, 0.05) is 44.0 Å². The molecular weight excluding hydrogens is 725 g/mol. The van der Waals surface area contributed by atoms with Gasteiger partial charge in [0.15, 0.2) is 0 Å². The van der Waals surface area contributed by atoms with Gasteiger partial charge < -0.3 is 20.5 Å². The average molecular weight is 781 g/mol. The summed E-state index contributed by atoms with van der Waals surface area (Å²) in [4.78, 5) is 4.78. The van der Waals surface area contributed by atoms with Crippen LogP contribution in [0.25, 0.3) is 33.8 Å². The Morgan fingerprint density at radius 1 is 0.759 bits per heavy atom. The van der Waals surface area contributed by atoms with Gasteiger partial charge in [0.25, 0.3) is 0 Å². The summed E-state index contributed by atoms with van der Waals surface area (Å²) in [5, 5.41) is 4.57. The number of allylic oxidation sites excluding steroid dienone is 8. The van der Waals surface area contributed by atoms with Crippen molar-refractivity contribution in [2.75, 3.05) is 16.0 Å². The fourth-order valence-electron chi connectivity index (χ4n) is 7.21. The Balaban J connectivity index is 0.000000264. The predicted octanol–water partition coefficient (Wildman–Crippen LogP) is 15.4. The molecule has 5 heteroatoms. The molecule has 3 heterocycles. The summed E-state index contributed by atoms with van der Waals surface area (Å²) in [7, 11) is 0. The van der Waals surface area contributed by atoms with E-state index >= 15 is 0 Å². The summed E-state index contributed by atoms with van der Waals surface area (Å²) in [6.07, 6.45) is 19.1. The van der Waals surface area contributed by atoms with Gasteiger partial charge >= 0.3 is 0 Å². The number of benzene rings is 5. The first-order valence-electron chi connectivity index (χ1n) is 20.6. The average Bonchev–Trinajstić information content (AvgIpc) is 3.47. The maximum Gasteiger partial charge on any atom is 0.0615 e. The van der Waals surface area contributed by atoms with Gasteiger partial charge in [-0.2, -0.15) is 0 Å². The van der Waals surface area contributed by atoms with E-state index in [1.54, 1.807) is 0 Å². The zero-order valence-corrected chi connectivity index (χ0v) is 35.5. The molecular formula is C53H56N4S. The Morgan fingerprint density at radius 3 is 2.21 bits per heavy atom. The zero-order valence-electron chi connectivity index (χ0n) is 34.6. The molecule has 0 bridgehead atoms. The fourth-order valence-corrected chi connectivity index (χ4v) is 8.42. The second-order valence-corrected chi connectivity index (χ2v) is 14.7. The van der Waals surface area contributed by atoms with E-state index in [2.05, 4.69) is 169 Å². The van der Waals surface area contributed by atoms with Crippen molar-refractivity contribution < 1.29 is 0 Å². The molecule has 5 aromatic carbocycles. The summed E-state index contributed by atoms with van der Waals surface area (Å²) < 4.78 is 2.39. The standard InChI is InChI=1S/C37H30N2S.C12H14N2.2C2H6/c1-4-27-17-19-28(20-18-27)38-22-10-11-25(2)31-23-32-35(24-34(31)38)39(29-12-6-5-7-13-29)33-21-16-26(3)30-14-8-9-15-36(30)40-37(32)33;13-11-8-4-5-9-12(11)14-10-6-2-1-3-7-10;2*1-2/h5-10,12-24H,2-4,11H2,1H3;1-2,4-6,8-9,14H,3,7,13H2;2*1-2H3/b21-16-;;;. The van der Waals surface area contributed by atoms with E-state index in [0.29, 0.717) is 0 Å². The van der Waals surface area contributed by atoms with Gasteiger partial charge in [-0.05, 0) is 115 Å². The molecule has 0 unspecified atom stereocenters. The lowest BCUT2D eigenvalue weighted by molar-refractivity contribution is 0.967. The molecule has 294 valence electrons. The Kier molecular flexibility index (Phi) is 14.2. The molecule has 0 saturated carbocycles. The van der Waals surface area contributed by atoms with Crippen LogP contribution in [-0.4, -0.2) is 4.57 Å². The van der Waals surface area contributed by atoms with Gasteiger partial charge in [-0.15, -0.1) is 0 Å². The van der Waals surface area contributed by atoms with Crippen LogP contribution in [0.1, 0.15) is 76.3 Å². The minimum Gasteiger partial charge on any atom is -0.397 e. The van der Waals surface area contributed by atoms with Crippen LogP contribution in [0.15, 0.2) is 180 Å². The molecule has 4 nitrogen and oxygen atoms in total. The fraction of sp³-hybridized carbons (Fsp3) is 0.170. The lowest BCUT2D eigenvalue weighted by Gasteiger charge is -2.23. The molecule has 1 aromatic heterocycles. The number of para-hydroxylation sites is 3. The molecule has 58 heavy (non-hydrogen) atoms. The monoisotopic (exact) mass is 780 g/mol. The number of nitrogen functional groups attached to an aromatic ring is 1. The lowest BCUT2D eigenvalue weighted by Crippen LogP contribution is -2.10. The number of fused-ring (bicyclic) bond motifs is 5. The minimum absolute atomic E-state index is 0.794. The number of nitrogens with two attached hydrogens (primary N) is 1. The smallest absolute Gasteiger partial charge is 0.0615 e. The molecule has 2 aliphatic heterocycles. The highest BCUT2D eigenvalue weighted by atomic mass is 32.2. The number of hydrogen-bond donors (Lipinski definition) is 2. The highest BCUT2D eigenvalue weighted by Crippen LogP contribution is 2.48. The van der Waals surface area contributed by atoms with Crippen LogP contribution >= 0.6 is 11.8 Å². The Bertz CT molecular complexity index is 2500. The van der Waals surface area contributed by atoms with Gasteiger partial charge in [-0.3, -0.25) is 0 Å². The zero-order chi connectivity index (χ0) is 41.0. The second kappa shape index (κ2) is 19.8. The first kappa shape index (κ1) is 41.5. The van der Waals surface area contributed by atoms with Crippen molar-refractivity contribution in [3.8, 4) is 5.69 Å². The first-order chi connectivity index (χ1) is 28.5. The summed E-state index contributed by atoms with van der Waals surface area (Å²) in [6.45, 7) is 19.1. The molecule has 0 atom stereocenters. The lowest BCUT2D eigenvalue weighted by atomic mass is 10.0. The van der Waals surface area contributed by atoms with Gasteiger partial charge in [-0.1, -0.05) is 145 Å². The van der Waals surface area contributed by atoms with Crippen molar-refractivity contribution in [1.29, 1.82) is 0 Å². The predicted molar refractivity (Wildman–Crippen MR) is 256 cm³/mol. The maximum absolute atomic E-state index is 5.83. The van der Waals surface area contributed by atoms with Crippen LogP contribution in [0.2, 0.25) is 0 Å². The number of aryl methyl sites for hydroxylation is 1. The normalized spacial score (nSPS) is 14.3. The maximum atomic E-state index is 5.83. The van der Waals surface area contributed by atoms with Crippen molar-refractivity contribution in [2.45, 2.75) is 70.1 Å². The molecule has 0 spiro atoms. The van der Waals surface area contributed by atoms with Crippen LogP contribution in [-0.2, 0) is 6.42 Å². The first-order valence-corrected chi connectivity index (χ1v) is 21.4. The number of nitrogens with one attached hydrogen (secondary N) is 1. The minimum atomic E-state index is 0.794. The number of nitrogens with zero attached hydrogens (tertiary/aromatic N) is 2. The number of rotatable bonds is 5. The molecule has 0 radical (unpaired) electrons. The summed E-state index contributed by atoms with van der Waals surface area (Å²) in [6, 6.07) is 40.7. The van der Waals surface area contributed by atoms with E-state index in [1.807, 2.05) is 63.7 Å². The number of hydrogen-bond acceptors (Lipinski definition) is 4. The second-order valence-electron chi connectivity index (χ2n) is 13.7. The van der Waals surface area contributed by atoms with Crippen molar-refractivity contribution >= 4 is 62.6 Å². The molecule has 1 aliphatic carbocycles. The summed E-state index contributed by atoms with van der Waals surface area (Å²) >= 11 is 1.83. The summed E-state index contributed by atoms with van der Waals surface area (Å²) in [5.41, 5.74) is 20.5. The van der Waals surface area contributed by atoms with Crippen molar-refractivity contribution in [3.63, 3.8) is 0 Å². The van der Waals surface area contributed by atoms with Crippen molar-refractivity contribution in [1.82, 2.24) is 4.57 Å². The Hall–Kier alpha value is -6.17. The van der Waals surface area contributed by atoms with Crippen LogP contribution in [0, 0.1) is 0 Å². The van der Waals surface area contributed by atoms with E-state index < -0.39 is 0 Å². The van der Waals surface area contributed by atoms with Crippen LogP contribution < -0.4 is 16.0 Å². The number of aromatic nitrogens is 1. The third-order valence-corrected chi connectivity index (χ3v) is 11.3. The Morgan fingerprint density at radius 2 is 1.48 bits per heavy atom. The molecule has 0 amide bonds. The molecule has 6 aromatic rings. The van der Waals surface area contributed by atoms with E-state index in [4.69, 9.17) is 5.73 Å². The third kappa shape index (κ3) is 9.01. The molecule has 3 aliphatic rings. The third-order valence-electron chi connectivity index (χ3n) is 10.1.